The van der Waals surface area contributed by atoms with E-state index in [0.29, 0.717) is 10.9 Å². The highest BCUT2D eigenvalue weighted by molar-refractivity contribution is 6.30. The van der Waals surface area contributed by atoms with E-state index in [1.807, 2.05) is 18.2 Å². The molecule has 2 aromatic heterocycles. The maximum absolute atomic E-state index is 14.1. The minimum Gasteiger partial charge on any atom is -0.354 e. The normalized spacial score (nSPS) is 11.0. The second-order valence-corrected chi connectivity index (χ2v) is 9.67. The van der Waals surface area contributed by atoms with Crippen molar-refractivity contribution in [2.75, 3.05) is 11.9 Å². The monoisotopic (exact) mass is 550 g/mol. The minimum atomic E-state index is -0.595. The number of benzene rings is 2. The molecule has 9 nitrogen and oxygen atoms in total. The van der Waals surface area contributed by atoms with Crippen LogP contribution in [0.5, 0.6) is 0 Å². The van der Waals surface area contributed by atoms with Crippen LogP contribution in [0.15, 0.2) is 60.9 Å². The Morgan fingerprint density at radius 3 is 2.59 bits per heavy atom. The van der Waals surface area contributed by atoms with Gasteiger partial charge in [0.15, 0.2) is 5.78 Å². The molecular weight excluding hydrogens is 523 g/mol. The summed E-state index contributed by atoms with van der Waals surface area (Å²) < 4.78 is 15.6. The smallest absolute Gasteiger partial charge is 0.245 e. The van der Waals surface area contributed by atoms with Crippen molar-refractivity contribution in [1.82, 2.24) is 25.0 Å². The average molecular weight is 551 g/mol. The van der Waals surface area contributed by atoms with Crippen LogP contribution in [0.3, 0.4) is 0 Å². The first kappa shape index (κ1) is 27.7. The molecule has 4 aromatic rings. The lowest BCUT2D eigenvalue weighted by molar-refractivity contribution is -0.138. The standard InChI is InChI=1S/C28H28ClFN6O3/c1-17(2)35(15-25(38)32-13-19-6-4-8-23(29)27(19)30)26(39)16-36-24-10-9-20(33-21-7-5-11-31-14-21)12-22(24)28(34-36)18(3)37/h4-12,14,17,33H,13,15-16H2,1-3H3,(H,32,38). The number of hydrogen-bond acceptors (Lipinski definition) is 6. The largest absolute Gasteiger partial charge is 0.354 e. The van der Waals surface area contributed by atoms with Crippen LogP contribution < -0.4 is 10.6 Å². The van der Waals surface area contributed by atoms with Gasteiger partial charge in [-0.2, -0.15) is 5.10 Å². The molecule has 2 amide bonds. The number of carbonyl (C=O) groups is 3. The number of anilines is 2. The van der Waals surface area contributed by atoms with Gasteiger partial charge in [-0.3, -0.25) is 24.0 Å². The third kappa shape index (κ3) is 6.58. The summed E-state index contributed by atoms with van der Waals surface area (Å²) >= 11 is 5.81. The summed E-state index contributed by atoms with van der Waals surface area (Å²) in [4.78, 5) is 43.8. The lowest BCUT2D eigenvalue weighted by Crippen LogP contribution is -2.45. The summed E-state index contributed by atoms with van der Waals surface area (Å²) in [7, 11) is 0. The van der Waals surface area contributed by atoms with Crippen molar-refractivity contribution in [2.24, 2.45) is 0 Å². The van der Waals surface area contributed by atoms with Crippen LogP contribution in [0, 0.1) is 5.82 Å². The number of rotatable bonds is 10. The molecule has 39 heavy (non-hydrogen) atoms. The summed E-state index contributed by atoms with van der Waals surface area (Å²) in [6.07, 6.45) is 3.35. The van der Waals surface area contributed by atoms with Crippen molar-refractivity contribution in [3.05, 3.63) is 83.0 Å². The van der Waals surface area contributed by atoms with Gasteiger partial charge in [-0.1, -0.05) is 23.7 Å². The predicted molar refractivity (Wildman–Crippen MR) is 147 cm³/mol. The van der Waals surface area contributed by atoms with E-state index in [0.717, 1.165) is 11.4 Å². The van der Waals surface area contributed by atoms with Crippen LogP contribution in [-0.2, 0) is 22.7 Å². The van der Waals surface area contributed by atoms with E-state index in [-0.39, 0.29) is 53.6 Å². The van der Waals surface area contributed by atoms with E-state index in [1.165, 1.54) is 28.6 Å². The molecule has 0 atom stereocenters. The quantitative estimate of drug-likeness (QED) is 0.276. The predicted octanol–water partition coefficient (Wildman–Crippen LogP) is 4.72. The number of nitrogens with one attached hydrogen (secondary N) is 2. The molecule has 2 aromatic carbocycles. The molecule has 0 saturated carbocycles. The number of amides is 2. The fraction of sp³-hybridized carbons (Fsp3) is 0.250. The Labute approximate surface area is 230 Å². The molecule has 0 spiro atoms. The highest BCUT2D eigenvalue weighted by atomic mass is 35.5. The van der Waals surface area contributed by atoms with Crippen LogP contribution in [0.1, 0.15) is 36.8 Å². The van der Waals surface area contributed by atoms with Gasteiger partial charge in [-0.15, -0.1) is 0 Å². The molecule has 0 bridgehead atoms. The zero-order valence-corrected chi connectivity index (χ0v) is 22.5. The Hall–Kier alpha value is -4.31. The van der Waals surface area contributed by atoms with Gasteiger partial charge in [0.2, 0.25) is 11.8 Å². The summed E-state index contributed by atoms with van der Waals surface area (Å²) in [5.74, 6) is -1.64. The fourth-order valence-electron chi connectivity index (χ4n) is 4.11. The van der Waals surface area contributed by atoms with Gasteiger partial charge in [-0.25, -0.2) is 4.39 Å². The van der Waals surface area contributed by atoms with Crippen molar-refractivity contribution in [1.29, 1.82) is 0 Å². The maximum Gasteiger partial charge on any atom is 0.245 e. The first-order chi connectivity index (χ1) is 18.6. The first-order valence-corrected chi connectivity index (χ1v) is 12.7. The van der Waals surface area contributed by atoms with Crippen LogP contribution >= 0.6 is 11.6 Å². The second-order valence-electron chi connectivity index (χ2n) is 9.27. The van der Waals surface area contributed by atoms with Gasteiger partial charge in [0.05, 0.1) is 29.0 Å². The second kappa shape index (κ2) is 12.0. The van der Waals surface area contributed by atoms with Crippen molar-refractivity contribution in [2.45, 2.75) is 39.9 Å². The summed E-state index contributed by atoms with van der Waals surface area (Å²) in [5.41, 5.74) is 2.61. The third-order valence-corrected chi connectivity index (χ3v) is 6.38. The van der Waals surface area contributed by atoms with E-state index in [4.69, 9.17) is 11.6 Å². The number of fused-ring (bicyclic) bond motifs is 1. The van der Waals surface area contributed by atoms with E-state index in [1.54, 1.807) is 44.4 Å². The molecule has 0 unspecified atom stereocenters. The highest BCUT2D eigenvalue weighted by Gasteiger charge is 2.23. The Kier molecular flexibility index (Phi) is 8.55. The zero-order valence-electron chi connectivity index (χ0n) is 21.7. The van der Waals surface area contributed by atoms with Crippen molar-refractivity contribution in [3.63, 3.8) is 0 Å². The topological polar surface area (TPSA) is 109 Å². The SMILES string of the molecule is CC(=O)c1nn(CC(=O)N(CC(=O)NCc2cccc(Cl)c2F)C(C)C)c2ccc(Nc3cccnc3)cc12. The molecule has 0 fully saturated rings. The molecule has 0 radical (unpaired) electrons. The lowest BCUT2D eigenvalue weighted by atomic mass is 10.1. The Bertz CT molecular complexity index is 1520. The van der Waals surface area contributed by atoms with E-state index in [9.17, 15) is 18.8 Å². The number of Topliss-reactive ketones (excluding diaryl/α,β-unsaturated/α-hetero) is 1. The zero-order chi connectivity index (χ0) is 28.1. The Morgan fingerprint density at radius 1 is 1.10 bits per heavy atom. The highest BCUT2D eigenvalue weighted by Crippen LogP contribution is 2.26. The number of halogens is 2. The fourth-order valence-corrected chi connectivity index (χ4v) is 4.30. The Morgan fingerprint density at radius 2 is 1.90 bits per heavy atom. The van der Waals surface area contributed by atoms with Crippen molar-refractivity contribution >= 4 is 51.5 Å². The summed E-state index contributed by atoms with van der Waals surface area (Å²) in [6, 6.07) is 13.3. The third-order valence-electron chi connectivity index (χ3n) is 6.08. The van der Waals surface area contributed by atoms with Gasteiger partial charge in [0.1, 0.15) is 18.1 Å². The van der Waals surface area contributed by atoms with E-state index in [2.05, 4.69) is 20.7 Å². The number of nitrogens with zero attached hydrogens (tertiary/aromatic N) is 4. The average Bonchev–Trinajstić information content (AvgIpc) is 3.26. The molecule has 0 saturated heterocycles. The number of hydrogen-bond donors (Lipinski definition) is 2. The maximum atomic E-state index is 14.1. The number of ketones is 1. The molecule has 0 aliphatic rings. The van der Waals surface area contributed by atoms with Gasteiger partial charge < -0.3 is 15.5 Å². The van der Waals surface area contributed by atoms with Gasteiger partial charge in [0.25, 0.3) is 0 Å². The van der Waals surface area contributed by atoms with Gasteiger partial charge in [0, 0.05) is 42.3 Å². The number of carbonyl (C=O) groups excluding carboxylic acids is 3. The lowest BCUT2D eigenvalue weighted by Gasteiger charge is -2.26. The summed E-state index contributed by atoms with van der Waals surface area (Å²) in [6.45, 7) is 4.54. The van der Waals surface area contributed by atoms with Gasteiger partial charge in [-0.05, 0) is 50.2 Å². The Balaban J connectivity index is 1.50. The number of aromatic nitrogens is 3. The van der Waals surface area contributed by atoms with E-state index >= 15 is 0 Å². The van der Waals surface area contributed by atoms with Crippen LogP contribution in [0.25, 0.3) is 10.9 Å². The molecule has 0 aliphatic heterocycles. The van der Waals surface area contributed by atoms with Crippen molar-refractivity contribution < 1.29 is 18.8 Å². The molecule has 4 rings (SSSR count). The molecule has 2 heterocycles. The molecular formula is C28H28ClFN6O3. The van der Waals surface area contributed by atoms with Crippen molar-refractivity contribution in [3.8, 4) is 0 Å². The van der Waals surface area contributed by atoms with Crippen LogP contribution in [-0.4, -0.2) is 49.8 Å². The summed E-state index contributed by atoms with van der Waals surface area (Å²) in [5, 5.41) is 10.9. The molecule has 2 N–H and O–H groups in total. The van der Waals surface area contributed by atoms with Crippen LogP contribution in [0.2, 0.25) is 5.02 Å². The molecule has 202 valence electrons. The first-order valence-electron chi connectivity index (χ1n) is 12.3. The van der Waals surface area contributed by atoms with E-state index < -0.39 is 11.7 Å². The van der Waals surface area contributed by atoms with Crippen LogP contribution in [0.4, 0.5) is 15.8 Å². The molecule has 0 aliphatic carbocycles. The molecule has 11 heteroatoms. The number of pyridine rings is 1. The van der Waals surface area contributed by atoms with Gasteiger partial charge >= 0.3 is 0 Å². The minimum absolute atomic E-state index is 0.0305.